The lowest BCUT2D eigenvalue weighted by atomic mass is 10.1. The van der Waals surface area contributed by atoms with Gasteiger partial charge in [0.1, 0.15) is 0 Å². The number of aromatic nitrogens is 2. The lowest BCUT2D eigenvalue weighted by molar-refractivity contribution is 1.02. The summed E-state index contributed by atoms with van der Waals surface area (Å²) in [4.78, 5) is 3.30. The van der Waals surface area contributed by atoms with Crippen molar-refractivity contribution in [1.29, 1.82) is 0 Å². The Kier molecular flexibility index (Phi) is 1.52. The van der Waals surface area contributed by atoms with E-state index in [2.05, 4.69) is 59.1 Å². The summed E-state index contributed by atoms with van der Waals surface area (Å²) < 4.78 is 2.26. The van der Waals surface area contributed by atoms with Gasteiger partial charge in [-0.25, -0.2) is 0 Å². The number of benzene rings is 1. The number of fused-ring (bicyclic) bond motifs is 5. The van der Waals surface area contributed by atoms with Gasteiger partial charge >= 0.3 is 0 Å². The number of H-pyrrole nitrogens is 1. The molecule has 1 aromatic heterocycles. The lowest BCUT2D eigenvalue weighted by Gasteiger charge is -1.99. The highest BCUT2D eigenvalue weighted by atomic mass is 14.9. The van der Waals surface area contributed by atoms with Crippen molar-refractivity contribution in [1.82, 2.24) is 9.55 Å². The van der Waals surface area contributed by atoms with Gasteiger partial charge in [0.05, 0.1) is 5.52 Å². The molecule has 0 unspecified atom stereocenters. The summed E-state index contributed by atoms with van der Waals surface area (Å²) in [5, 5.41) is 2.69. The highest BCUT2D eigenvalue weighted by Gasteiger charge is 2.16. The predicted octanol–water partition coefficient (Wildman–Crippen LogP) is 3.76. The molecule has 1 aliphatic heterocycles. The van der Waals surface area contributed by atoms with E-state index >= 15 is 0 Å². The molecular weight excluding hydrogens is 208 g/mol. The normalized spacial score (nSPS) is 11.8. The molecule has 0 saturated carbocycles. The molecule has 82 valence electrons. The molecule has 1 aromatic carbocycles. The fourth-order valence-electron chi connectivity index (χ4n) is 2.79. The maximum Gasteiger partial charge on any atom is 0.0516 e. The number of pyridine rings is 1. The molecule has 17 heavy (non-hydrogen) atoms. The molecule has 2 aliphatic rings. The largest absolute Gasteiger partial charge is 0.361 e. The Morgan fingerprint density at radius 2 is 1.88 bits per heavy atom. The SMILES string of the molecule is Cn1c2ccccc2c2c3ccc[nH]c-3cc21. The van der Waals surface area contributed by atoms with E-state index in [1.54, 1.807) is 0 Å². The Bertz CT molecular complexity index is 804. The molecule has 2 nitrogen and oxygen atoms in total. The van der Waals surface area contributed by atoms with E-state index in [1.165, 1.54) is 33.1 Å². The quantitative estimate of drug-likeness (QED) is 0.466. The third-order valence-corrected chi connectivity index (χ3v) is 3.59. The van der Waals surface area contributed by atoms with Crippen molar-refractivity contribution in [2.24, 2.45) is 7.05 Å². The first-order valence-electron chi connectivity index (χ1n) is 5.79. The Labute approximate surface area is 98.8 Å². The molecule has 1 aliphatic carbocycles. The van der Waals surface area contributed by atoms with Crippen LogP contribution in [0.5, 0.6) is 0 Å². The summed E-state index contributed by atoms with van der Waals surface area (Å²) >= 11 is 0. The Morgan fingerprint density at radius 1 is 1.00 bits per heavy atom. The molecule has 0 fully saturated rings. The van der Waals surface area contributed by atoms with Crippen molar-refractivity contribution in [3.63, 3.8) is 0 Å². The number of rotatable bonds is 0. The first kappa shape index (κ1) is 8.88. The van der Waals surface area contributed by atoms with Gasteiger partial charge in [-0.3, -0.25) is 0 Å². The summed E-state index contributed by atoms with van der Waals surface area (Å²) in [5.41, 5.74) is 5.10. The second-order valence-corrected chi connectivity index (χ2v) is 4.48. The fourth-order valence-corrected chi connectivity index (χ4v) is 2.79. The first-order valence-corrected chi connectivity index (χ1v) is 5.79. The molecule has 2 heterocycles. The smallest absolute Gasteiger partial charge is 0.0516 e. The van der Waals surface area contributed by atoms with Gasteiger partial charge < -0.3 is 9.55 Å². The van der Waals surface area contributed by atoms with Crippen LogP contribution in [0.4, 0.5) is 0 Å². The van der Waals surface area contributed by atoms with E-state index in [0.717, 1.165) is 0 Å². The van der Waals surface area contributed by atoms with Gasteiger partial charge in [-0.15, -0.1) is 0 Å². The summed E-state index contributed by atoms with van der Waals surface area (Å²) in [5.74, 6) is 0. The zero-order valence-corrected chi connectivity index (χ0v) is 9.57. The lowest BCUT2D eigenvalue weighted by Crippen LogP contribution is -1.84. The third kappa shape index (κ3) is 0.998. The van der Waals surface area contributed by atoms with Crippen LogP contribution < -0.4 is 0 Å². The Balaban J connectivity index is 2.37. The van der Waals surface area contributed by atoms with Crippen LogP contribution in [-0.2, 0) is 7.05 Å². The number of hydrogen-bond acceptors (Lipinski definition) is 0. The highest BCUT2D eigenvalue weighted by Crippen LogP contribution is 2.38. The summed E-state index contributed by atoms with van der Waals surface area (Å²) in [6.07, 6.45) is 1.98. The molecule has 0 bridgehead atoms. The average Bonchev–Trinajstić information content (AvgIpc) is 2.88. The standard InChI is InChI=1S/C15H12N2/c1-17-13-7-3-2-5-11(13)15-10-6-4-8-16-12(10)9-14(15)17/h2-9,16H,1H3. The van der Waals surface area contributed by atoms with Gasteiger partial charge in [-0.05, 0) is 18.2 Å². The van der Waals surface area contributed by atoms with Crippen LogP contribution >= 0.6 is 0 Å². The molecular formula is C15H12N2. The second-order valence-electron chi connectivity index (χ2n) is 4.48. The minimum absolute atomic E-state index is 1.21. The van der Waals surface area contributed by atoms with Gasteiger partial charge in [0, 0.05) is 40.8 Å². The maximum atomic E-state index is 3.30. The van der Waals surface area contributed by atoms with Crippen molar-refractivity contribution >= 4 is 21.8 Å². The minimum atomic E-state index is 1.21. The van der Waals surface area contributed by atoms with Crippen molar-refractivity contribution in [2.75, 3.05) is 0 Å². The van der Waals surface area contributed by atoms with Crippen molar-refractivity contribution in [2.45, 2.75) is 0 Å². The van der Waals surface area contributed by atoms with Gasteiger partial charge in [0.15, 0.2) is 0 Å². The van der Waals surface area contributed by atoms with Crippen molar-refractivity contribution < 1.29 is 0 Å². The molecule has 0 atom stereocenters. The van der Waals surface area contributed by atoms with Crippen LogP contribution in [0.25, 0.3) is 33.1 Å². The molecule has 0 spiro atoms. The average molecular weight is 220 g/mol. The molecule has 2 aromatic rings. The van der Waals surface area contributed by atoms with Gasteiger partial charge in [0.2, 0.25) is 0 Å². The monoisotopic (exact) mass is 220 g/mol. The summed E-state index contributed by atoms with van der Waals surface area (Å²) in [6.45, 7) is 0. The zero-order chi connectivity index (χ0) is 11.4. The minimum Gasteiger partial charge on any atom is -0.361 e. The van der Waals surface area contributed by atoms with E-state index in [-0.39, 0.29) is 0 Å². The van der Waals surface area contributed by atoms with Crippen molar-refractivity contribution in [3.05, 3.63) is 48.7 Å². The number of hydrogen-bond donors (Lipinski definition) is 1. The fraction of sp³-hybridized carbons (Fsp3) is 0.0667. The number of aryl methyl sites for hydroxylation is 1. The number of nitrogens with zero attached hydrogens (tertiary/aromatic N) is 1. The number of para-hydroxylation sites is 1. The van der Waals surface area contributed by atoms with E-state index in [1.807, 2.05) is 6.20 Å². The molecule has 1 N–H and O–H groups in total. The van der Waals surface area contributed by atoms with Gasteiger partial charge in [-0.1, -0.05) is 24.3 Å². The Hall–Kier alpha value is -2.22. The number of nitrogens with one attached hydrogen (secondary N) is 1. The first-order chi connectivity index (χ1) is 8.36. The van der Waals surface area contributed by atoms with Crippen molar-refractivity contribution in [3.8, 4) is 11.3 Å². The number of aromatic amines is 1. The third-order valence-electron chi connectivity index (χ3n) is 3.59. The van der Waals surface area contributed by atoms with E-state index < -0.39 is 0 Å². The molecule has 0 amide bonds. The summed E-state index contributed by atoms with van der Waals surface area (Å²) in [6, 6.07) is 15.0. The second kappa shape index (κ2) is 2.92. The van der Waals surface area contributed by atoms with Crippen LogP contribution in [0.1, 0.15) is 0 Å². The van der Waals surface area contributed by atoms with Crippen LogP contribution in [0.3, 0.4) is 0 Å². The Morgan fingerprint density at radius 3 is 2.82 bits per heavy atom. The highest BCUT2D eigenvalue weighted by molar-refractivity contribution is 6.17. The van der Waals surface area contributed by atoms with Crippen LogP contribution in [-0.4, -0.2) is 9.55 Å². The summed E-state index contributed by atoms with van der Waals surface area (Å²) in [7, 11) is 2.13. The van der Waals surface area contributed by atoms with Gasteiger partial charge in [0.25, 0.3) is 0 Å². The van der Waals surface area contributed by atoms with Crippen LogP contribution in [0.15, 0.2) is 48.7 Å². The molecule has 2 heteroatoms. The molecule has 0 radical (unpaired) electrons. The molecule has 0 saturated heterocycles. The van der Waals surface area contributed by atoms with Crippen LogP contribution in [0.2, 0.25) is 0 Å². The maximum absolute atomic E-state index is 3.30. The van der Waals surface area contributed by atoms with E-state index in [9.17, 15) is 0 Å². The topological polar surface area (TPSA) is 20.7 Å². The zero-order valence-electron chi connectivity index (χ0n) is 9.57. The van der Waals surface area contributed by atoms with Gasteiger partial charge in [-0.2, -0.15) is 0 Å². The van der Waals surface area contributed by atoms with E-state index in [0.29, 0.717) is 0 Å². The van der Waals surface area contributed by atoms with Crippen LogP contribution in [0, 0.1) is 0 Å². The predicted molar refractivity (Wildman–Crippen MR) is 71.4 cm³/mol. The molecule has 4 rings (SSSR count). The van der Waals surface area contributed by atoms with E-state index in [4.69, 9.17) is 0 Å².